The van der Waals surface area contributed by atoms with Crippen LogP contribution in [0.2, 0.25) is 0 Å². The highest BCUT2D eigenvalue weighted by Crippen LogP contribution is 2.19. The zero-order valence-corrected chi connectivity index (χ0v) is 10.0. The first-order chi connectivity index (χ1) is 7.75. The van der Waals surface area contributed by atoms with Gasteiger partial charge in [0.25, 0.3) is 0 Å². The third kappa shape index (κ3) is 3.02. The minimum absolute atomic E-state index is 0.467. The van der Waals surface area contributed by atoms with E-state index in [1.807, 2.05) is 10.9 Å². The average Bonchev–Trinajstić information content (AvgIpc) is 2.76. The second kappa shape index (κ2) is 5.41. The molecule has 0 radical (unpaired) electrons. The van der Waals surface area contributed by atoms with Crippen LogP contribution < -0.4 is 5.32 Å². The maximum Gasteiger partial charge on any atom is 0.0965 e. The summed E-state index contributed by atoms with van der Waals surface area (Å²) < 4.78 is 7.32. The number of hydrogen-bond acceptors (Lipinski definition) is 4. The van der Waals surface area contributed by atoms with E-state index in [2.05, 4.69) is 29.5 Å². The predicted molar refractivity (Wildman–Crippen MR) is 61.1 cm³/mol. The zero-order chi connectivity index (χ0) is 11.4. The standard InChI is InChI=1S/C11H20N4O/c1-9(2)12-7-10-8-15(14-13-10)11-3-5-16-6-4-11/h8-9,11-12H,3-7H2,1-2H3. The molecule has 0 aliphatic carbocycles. The van der Waals surface area contributed by atoms with Gasteiger partial charge in [-0.3, -0.25) is 0 Å². The fourth-order valence-corrected chi connectivity index (χ4v) is 1.83. The lowest BCUT2D eigenvalue weighted by atomic mass is 10.1. The Morgan fingerprint density at radius 1 is 1.50 bits per heavy atom. The lowest BCUT2D eigenvalue weighted by Gasteiger charge is -2.21. The number of nitrogens with zero attached hydrogens (tertiary/aromatic N) is 3. The normalized spacial score (nSPS) is 18.2. The molecule has 1 fully saturated rings. The number of ether oxygens (including phenoxy) is 1. The summed E-state index contributed by atoms with van der Waals surface area (Å²) in [6, 6.07) is 0.947. The highest BCUT2D eigenvalue weighted by atomic mass is 16.5. The van der Waals surface area contributed by atoms with E-state index in [1.165, 1.54) is 0 Å². The molecule has 1 N–H and O–H groups in total. The van der Waals surface area contributed by atoms with Gasteiger partial charge in [0.1, 0.15) is 0 Å². The van der Waals surface area contributed by atoms with Gasteiger partial charge in [0, 0.05) is 25.8 Å². The molecule has 5 heteroatoms. The second-order valence-electron chi connectivity index (χ2n) is 4.57. The molecule has 2 heterocycles. The van der Waals surface area contributed by atoms with E-state index in [0.29, 0.717) is 12.1 Å². The third-order valence-electron chi connectivity index (χ3n) is 2.81. The maximum atomic E-state index is 5.33. The van der Waals surface area contributed by atoms with Crippen molar-refractivity contribution in [2.75, 3.05) is 13.2 Å². The van der Waals surface area contributed by atoms with E-state index in [0.717, 1.165) is 38.3 Å². The van der Waals surface area contributed by atoms with E-state index in [1.54, 1.807) is 0 Å². The molecule has 2 rings (SSSR count). The van der Waals surface area contributed by atoms with Gasteiger partial charge in [0.15, 0.2) is 0 Å². The first kappa shape index (κ1) is 11.5. The highest BCUT2D eigenvalue weighted by molar-refractivity contribution is 4.93. The van der Waals surface area contributed by atoms with Gasteiger partial charge in [-0.25, -0.2) is 4.68 Å². The van der Waals surface area contributed by atoms with Crippen LogP contribution in [-0.2, 0) is 11.3 Å². The fraction of sp³-hybridized carbons (Fsp3) is 0.818. The first-order valence-corrected chi connectivity index (χ1v) is 5.97. The van der Waals surface area contributed by atoms with Gasteiger partial charge in [0.2, 0.25) is 0 Å². The van der Waals surface area contributed by atoms with Crippen LogP contribution in [0.4, 0.5) is 0 Å². The summed E-state index contributed by atoms with van der Waals surface area (Å²) >= 11 is 0. The van der Waals surface area contributed by atoms with Gasteiger partial charge in [-0.2, -0.15) is 0 Å². The van der Waals surface area contributed by atoms with Crippen LogP contribution in [0, 0.1) is 0 Å². The lowest BCUT2D eigenvalue weighted by molar-refractivity contribution is 0.0657. The second-order valence-corrected chi connectivity index (χ2v) is 4.57. The van der Waals surface area contributed by atoms with Crippen LogP contribution in [0.15, 0.2) is 6.20 Å². The Hall–Kier alpha value is -0.940. The zero-order valence-electron chi connectivity index (χ0n) is 10.0. The Kier molecular flexibility index (Phi) is 3.90. The number of aromatic nitrogens is 3. The van der Waals surface area contributed by atoms with Crippen molar-refractivity contribution >= 4 is 0 Å². The Bertz CT molecular complexity index is 318. The van der Waals surface area contributed by atoms with Gasteiger partial charge >= 0.3 is 0 Å². The molecule has 16 heavy (non-hydrogen) atoms. The van der Waals surface area contributed by atoms with E-state index >= 15 is 0 Å². The molecule has 0 atom stereocenters. The van der Waals surface area contributed by atoms with E-state index in [4.69, 9.17) is 4.74 Å². The molecule has 1 aromatic rings. The molecule has 5 nitrogen and oxygen atoms in total. The van der Waals surface area contributed by atoms with Crippen LogP contribution in [0.1, 0.15) is 38.4 Å². The molecule has 1 aromatic heterocycles. The van der Waals surface area contributed by atoms with Crippen LogP contribution in [0.5, 0.6) is 0 Å². The number of hydrogen-bond donors (Lipinski definition) is 1. The lowest BCUT2D eigenvalue weighted by Crippen LogP contribution is -2.22. The summed E-state index contributed by atoms with van der Waals surface area (Å²) in [6.07, 6.45) is 4.13. The molecule has 1 aliphatic heterocycles. The van der Waals surface area contributed by atoms with Crippen LogP contribution in [0.3, 0.4) is 0 Å². The summed E-state index contributed by atoms with van der Waals surface area (Å²) in [4.78, 5) is 0. The molecular weight excluding hydrogens is 204 g/mol. The summed E-state index contributed by atoms with van der Waals surface area (Å²) in [5.41, 5.74) is 1.01. The summed E-state index contributed by atoms with van der Waals surface area (Å²) in [5, 5.41) is 11.7. The van der Waals surface area contributed by atoms with Gasteiger partial charge in [-0.15, -0.1) is 5.10 Å². The average molecular weight is 224 g/mol. The SMILES string of the molecule is CC(C)NCc1cn(C2CCOCC2)nn1. The van der Waals surface area contributed by atoms with Crippen molar-refractivity contribution in [1.29, 1.82) is 0 Å². The van der Waals surface area contributed by atoms with E-state index < -0.39 is 0 Å². The molecule has 0 bridgehead atoms. The minimum Gasteiger partial charge on any atom is -0.381 e. The molecule has 90 valence electrons. The third-order valence-corrected chi connectivity index (χ3v) is 2.81. The maximum absolute atomic E-state index is 5.33. The Balaban J connectivity index is 1.90. The topological polar surface area (TPSA) is 52.0 Å². The van der Waals surface area contributed by atoms with Crippen LogP contribution in [-0.4, -0.2) is 34.2 Å². The Labute approximate surface area is 96.2 Å². The van der Waals surface area contributed by atoms with E-state index in [-0.39, 0.29) is 0 Å². The van der Waals surface area contributed by atoms with Crippen molar-refractivity contribution in [2.24, 2.45) is 0 Å². The molecule has 0 unspecified atom stereocenters. The highest BCUT2D eigenvalue weighted by Gasteiger charge is 2.16. The molecule has 0 saturated carbocycles. The van der Waals surface area contributed by atoms with Crippen molar-refractivity contribution in [3.63, 3.8) is 0 Å². The minimum atomic E-state index is 0.467. The number of nitrogens with one attached hydrogen (secondary N) is 1. The first-order valence-electron chi connectivity index (χ1n) is 5.97. The van der Waals surface area contributed by atoms with Gasteiger partial charge in [-0.05, 0) is 12.8 Å². The van der Waals surface area contributed by atoms with Crippen molar-refractivity contribution in [2.45, 2.75) is 45.3 Å². The van der Waals surface area contributed by atoms with Crippen molar-refractivity contribution in [1.82, 2.24) is 20.3 Å². The summed E-state index contributed by atoms with van der Waals surface area (Å²) in [5.74, 6) is 0. The quantitative estimate of drug-likeness (QED) is 0.833. The predicted octanol–water partition coefficient (Wildman–Crippen LogP) is 1.13. The van der Waals surface area contributed by atoms with Crippen molar-refractivity contribution in [3.05, 3.63) is 11.9 Å². The molecule has 0 spiro atoms. The molecule has 0 amide bonds. The van der Waals surface area contributed by atoms with Crippen LogP contribution >= 0.6 is 0 Å². The molecular formula is C11H20N4O. The van der Waals surface area contributed by atoms with Crippen molar-refractivity contribution in [3.8, 4) is 0 Å². The summed E-state index contributed by atoms with van der Waals surface area (Å²) in [6.45, 7) is 6.72. The Morgan fingerprint density at radius 2 is 2.25 bits per heavy atom. The molecule has 1 saturated heterocycles. The number of rotatable bonds is 4. The Morgan fingerprint density at radius 3 is 2.94 bits per heavy atom. The van der Waals surface area contributed by atoms with Gasteiger partial charge in [0.05, 0.1) is 17.9 Å². The van der Waals surface area contributed by atoms with Gasteiger partial charge < -0.3 is 10.1 Å². The smallest absolute Gasteiger partial charge is 0.0965 e. The van der Waals surface area contributed by atoms with Gasteiger partial charge in [-0.1, -0.05) is 19.1 Å². The largest absolute Gasteiger partial charge is 0.381 e. The fourth-order valence-electron chi connectivity index (χ4n) is 1.83. The summed E-state index contributed by atoms with van der Waals surface area (Å²) in [7, 11) is 0. The monoisotopic (exact) mass is 224 g/mol. The van der Waals surface area contributed by atoms with Crippen LogP contribution in [0.25, 0.3) is 0 Å². The molecule has 0 aromatic carbocycles. The molecule has 1 aliphatic rings. The van der Waals surface area contributed by atoms with E-state index in [9.17, 15) is 0 Å². The van der Waals surface area contributed by atoms with Crippen molar-refractivity contribution < 1.29 is 4.74 Å².